The van der Waals surface area contributed by atoms with Gasteiger partial charge >= 0.3 is 0 Å². The molecule has 0 unspecified atom stereocenters. The van der Waals surface area contributed by atoms with E-state index in [2.05, 4.69) is 15.6 Å². The van der Waals surface area contributed by atoms with Crippen LogP contribution in [-0.4, -0.2) is 21.4 Å². The van der Waals surface area contributed by atoms with Crippen molar-refractivity contribution in [2.45, 2.75) is 19.4 Å². The van der Waals surface area contributed by atoms with Crippen LogP contribution in [0.4, 0.5) is 11.4 Å². The van der Waals surface area contributed by atoms with Crippen LogP contribution in [0.2, 0.25) is 0 Å². The highest BCUT2D eigenvalue weighted by atomic mass is 16.3. The van der Waals surface area contributed by atoms with Crippen molar-refractivity contribution < 1.29 is 14.0 Å². The number of para-hydroxylation sites is 1. The topological polar surface area (TPSA) is 106 Å². The minimum atomic E-state index is -0.347. The minimum absolute atomic E-state index is 0.113. The lowest BCUT2D eigenvalue weighted by Crippen LogP contribution is -2.21. The van der Waals surface area contributed by atoms with Crippen LogP contribution in [-0.2, 0) is 11.3 Å². The number of benzene rings is 2. The van der Waals surface area contributed by atoms with Gasteiger partial charge in [0.05, 0.1) is 23.5 Å². The van der Waals surface area contributed by atoms with E-state index in [9.17, 15) is 14.4 Å². The zero-order valence-corrected chi connectivity index (χ0v) is 16.6. The summed E-state index contributed by atoms with van der Waals surface area (Å²) in [6.07, 6.45) is 3.71. The number of carbonyl (C=O) groups is 2. The molecule has 0 aliphatic rings. The largest absolute Gasteiger partial charge is 0.459 e. The number of aryl methyl sites for hydroxylation is 1. The number of nitrogens with one attached hydrogen (secondary N) is 2. The molecular formula is C23H20N4O4. The third kappa shape index (κ3) is 4.87. The number of carbonyl (C=O) groups excluding carboxylic acids is 2. The second-order valence-corrected chi connectivity index (χ2v) is 6.92. The van der Waals surface area contributed by atoms with E-state index in [4.69, 9.17) is 4.42 Å². The van der Waals surface area contributed by atoms with Crippen molar-refractivity contribution in [3.63, 3.8) is 0 Å². The standard InChI is InChI=1S/C23H20N4O4/c28-21(8-3-13-27-15-24-19-6-2-1-5-18(19)23(27)30)25-16-9-11-17(12-10-16)26-22(29)20-7-4-14-31-20/h1-2,4-7,9-12,14-15H,3,8,13H2,(H,25,28)(H,26,29). The lowest BCUT2D eigenvalue weighted by molar-refractivity contribution is -0.116. The van der Waals surface area contributed by atoms with Crippen LogP contribution in [0.25, 0.3) is 10.9 Å². The molecule has 0 spiro atoms. The Balaban J connectivity index is 1.28. The SMILES string of the molecule is O=C(CCCn1cnc2ccccc2c1=O)Nc1ccc(NC(=O)c2ccco2)cc1. The first-order valence-electron chi connectivity index (χ1n) is 9.79. The second-order valence-electron chi connectivity index (χ2n) is 6.92. The van der Waals surface area contributed by atoms with Gasteiger partial charge in [0.2, 0.25) is 5.91 Å². The van der Waals surface area contributed by atoms with Crippen LogP contribution in [0.15, 0.2) is 82.5 Å². The number of hydrogen-bond acceptors (Lipinski definition) is 5. The van der Waals surface area contributed by atoms with Gasteiger partial charge in [0, 0.05) is 24.3 Å². The fourth-order valence-electron chi connectivity index (χ4n) is 3.14. The van der Waals surface area contributed by atoms with E-state index < -0.39 is 0 Å². The molecule has 0 fully saturated rings. The number of aromatic nitrogens is 2. The summed E-state index contributed by atoms with van der Waals surface area (Å²) in [4.78, 5) is 40.9. The summed E-state index contributed by atoms with van der Waals surface area (Å²) in [6, 6.07) is 17.2. The second kappa shape index (κ2) is 9.08. The molecule has 0 radical (unpaired) electrons. The van der Waals surface area contributed by atoms with Crippen molar-refractivity contribution in [1.82, 2.24) is 9.55 Å². The van der Waals surface area contributed by atoms with E-state index in [0.717, 1.165) is 0 Å². The Morgan fingerprint density at radius 2 is 1.68 bits per heavy atom. The molecule has 2 aromatic carbocycles. The van der Waals surface area contributed by atoms with Gasteiger partial charge in [-0.05, 0) is 55.0 Å². The highest BCUT2D eigenvalue weighted by Crippen LogP contribution is 2.15. The number of furan rings is 1. The maximum absolute atomic E-state index is 12.5. The number of anilines is 2. The van der Waals surface area contributed by atoms with E-state index >= 15 is 0 Å². The van der Waals surface area contributed by atoms with Gasteiger partial charge in [0.1, 0.15) is 0 Å². The molecular weight excluding hydrogens is 396 g/mol. The number of nitrogens with zero attached hydrogens (tertiary/aromatic N) is 2. The first-order chi connectivity index (χ1) is 15.1. The van der Waals surface area contributed by atoms with Crippen molar-refractivity contribution in [2.75, 3.05) is 10.6 Å². The zero-order valence-electron chi connectivity index (χ0n) is 16.6. The van der Waals surface area contributed by atoms with Gasteiger partial charge in [0.25, 0.3) is 11.5 Å². The molecule has 2 amide bonds. The molecule has 0 bridgehead atoms. The lowest BCUT2D eigenvalue weighted by Gasteiger charge is -2.08. The van der Waals surface area contributed by atoms with Gasteiger partial charge < -0.3 is 15.1 Å². The first kappa shape index (κ1) is 20.1. The minimum Gasteiger partial charge on any atom is -0.459 e. The predicted molar refractivity (Wildman–Crippen MR) is 117 cm³/mol. The Kier molecular flexibility index (Phi) is 5.89. The Morgan fingerprint density at radius 3 is 2.42 bits per heavy atom. The number of hydrogen-bond donors (Lipinski definition) is 2. The van der Waals surface area contributed by atoms with E-state index in [1.54, 1.807) is 54.6 Å². The summed E-state index contributed by atoms with van der Waals surface area (Å²) in [5, 5.41) is 6.08. The van der Waals surface area contributed by atoms with Crippen molar-refractivity contribution in [3.8, 4) is 0 Å². The van der Waals surface area contributed by atoms with Gasteiger partial charge in [-0.1, -0.05) is 12.1 Å². The first-order valence-corrected chi connectivity index (χ1v) is 9.79. The lowest BCUT2D eigenvalue weighted by atomic mass is 10.2. The van der Waals surface area contributed by atoms with Crippen LogP contribution in [0.5, 0.6) is 0 Å². The van der Waals surface area contributed by atoms with Crippen molar-refractivity contribution in [1.29, 1.82) is 0 Å². The third-order valence-corrected chi connectivity index (χ3v) is 4.71. The van der Waals surface area contributed by atoms with Crippen LogP contribution in [0.1, 0.15) is 23.4 Å². The van der Waals surface area contributed by atoms with Crippen LogP contribution >= 0.6 is 0 Å². The van der Waals surface area contributed by atoms with E-state index in [1.807, 2.05) is 6.07 Å². The molecule has 0 saturated carbocycles. The Hall–Kier alpha value is -4.20. The quantitative estimate of drug-likeness (QED) is 0.478. The average Bonchev–Trinajstić information content (AvgIpc) is 3.32. The summed E-state index contributed by atoms with van der Waals surface area (Å²) < 4.78 is 6.57. The summed E-state index contributed by atoms with van der Waals surface area (Å²) in [5.41, 5.74) is 1.75. The van der Waals surface area contributed by atoms with Crippen LogP contribution in [0, 0.1) is 0 Å². The fourth-order valence-corrected chi connectivity index (χ4v) is 3.14. The van der Waals surface area contributed by atoms with Crippen LogP contribution in [0.3, 0.4) is 0 Å². The molecule has 31 heavy (non-hydrogen) atoms. The van der Waals surface area contributed by atoms with Crippen LogP contribution < -0.4 is 16.2 Å². The molecule has 0 aliphatic heterocycles. The van der Waals surface area contributed by atoms with Gasteiger partial charge in [-0.3, -0.25) is 19.0 Å². The van der Waals surface area contributed by atoms with Crippen molar-refractivity contribution in [3.05, 3.63) is 89.4 Å². The molecule has 0 aliphatic carbocycles. The van der Waals surface area contributed by atoms with Gasteiger partial charge in [-0.25, -0.2) is 4.98 Å². The molecule has 156 valence electrons. The Labute approximate surface area is 177 Å². The number of fused-ring (bicyclic) bond motifs is 1. The van der Waals surface area contributed by atoms with E-state index in [-0.39, 0.29) is 29.6 Å². The molecule has 2 heterocycles. The average molecular weight is 416 g/mol. The normalized spacial score (nSPS) is 10.7. The van der Waals surface area contributed by atoms with E-state index in [0.29, 0.717) is 35.2 Å². The van der Waals surface area contributed by atoms with Gasteiger partial charge in [-0.15, -0.1) is 0 Å². The predicted octanol–water partition coefficient (Wildman–Crippen LogP) is 3.66. The maximum Gasteiger partial charge on any atom is 0.291 e. The molecule has 2 aromatic heterocycles. The molecule has 0 saturated heterocycles. The highest BCUT2D eigenvalue weighted by Gasteiger charge is 2.09. The smallest absolute Gasteiger partial charge is 0.291 e. The fraction of sp³-hybridized carbons (Fsp3) is 0.130. The van der Waals surface area contributed by atoms with Crippen molar-refractivity contribution >= 4 is 34.1 Å². The molecule has 4 rings (SSSR count). The van der Waals surface area contributed by atoms with E-state index in [1.165, 1.54) is 17.2 Å². The van der Waals surface area contributed by atoms with Crippen molar-refractivity contribution in [2.24, 2.45) is 0 Å². The highest BCUT2D eigenvalue weighted by molar-refractivity contribution is 6.02. The maximum atomic E-state index is 12.5. The summed E-state index contributed by atoms with van der Waals surface area (Å²) in [5.74, 6) is -0.285. The molecule has 8 nitrogen and oxygen atoms in total. The third-order valence-electron chi connectivity index (χ3n) is 4.71. The molecule has 8 heteroatoms. The summed E-state index contributed by atoms with van der Waals surface area (Å²) in [7, 11) is 0. The zero-order chi connectivity index (χ0) is 21.6. The Bertz CT molecular complexity index is 1260. The molecule has 4 aromatic rings. The summed E-state index contributed by atoms with van der Waals surface area (Å²) in [6.45, 7) is 0.405. The Morgan fingerprint density at radius 1 is 0.935 bits per heavy atom. The number of amides is 2. The van der Waals surface area contributed by atoms with Gasteiger partial charge in [-0.2, -0.15) is 0 Å². The molecule has 0 atom stereocenters. The molecule has 2 N–H and O–H groups in total. The monoisotopic (exact) mass is 416 g/mol. The van der Waals surface area contributed by atoms with Gasteiger partial charge in [0.15, 0.2) is 5.76 Å². The summed E-state index contributed by atoms with van der Waals surface area (Å²) >= 11 is 0. The number of rotatable bonds is 7.